The summed E-state index contributed by atoms with van der Waals surface area (Å²) in [6.45, 7) is 6.52. The van der Waals surface area contributed by atoms with Gasteiger partial charge in [0.1, 0.15) is 12.2 Å². The lowest BCUT2D eigenvalue weighted by Gasteiger charge is -2.25. The van der Waals surface area contributed by atoms with Crippen LogP contribution in [0.5, 0.6) is 0 Å². The first-order valence-corrected chi connectivity index (χ1v) is 11.5. The van der Waals surface area contributed by atoms with Crippen molar-refractivity contribution in [2.75, 3.05) is 6.61 Å². The van der Waals surface area contributed by atoms with E-state index in [9.17, 15) is 0 Å². The normalized spacial score (nSPS) is 20.8. The second-order valence-corrected chi connectivity index (χ2v) is 8.97. The minimum atomic E-state index is -0.167. The van der Waals surface area contributed by atoms with E-state index in [0.29, 0.717) is 26.4 Å². The molecule has 0 N–H and O–H groups in total. The number of benzene rings is 3. The molecule has 3 atom stereocenters. The fraction of sp³-hybridized carbons (Fsp3) is 0.259. The lowest BCUT2D eigenvalue weighted by atomic mass is 10.1. The highest BCUT2D eigenvalue weighted by atomic mass is 32.2. The second-order valence-electron chi connectivity index (χ2n) is 7.60. The molecule has 0 amide bonds. The molecule has 31 heavy (non-hydrogen) atoms. The summed E-state index contributed by atoms with van der Waals surface area (Å²) in [5.41, 5.74) is 3.46. The molecule has 0 saturated carbocycles. The van der Waals surface area contributed by atoms with Crippen molar-refractivity contribution in [3.05, 3.63) is 119 Å². The Hall–Kier alpha value is -2.37. The highest BCUT2D eigenvalue weighted by Gasteiger charge is 2.41. The maximum absolute atomic E-state index is 6.39. The standard InChI is InChI=1S/C27H28O3S/c1-21-26(29-18-23-13-7-3-8-14-23)27(30-19-24-15-9-4-10-16-24)25(31-21)20-28-17-22-11-5-2-6-12-22/h2-16,25-27H,1,17-20H2/t25-,26+,27+/m0/s1. The summed E-state index contributed by atoms with van der Waals surface area (Å²) in [7, 11) is 0. The Bertz CT molecular complexity index is 930. The van der Waals surface area contributed by atoms with Gasteiger partial charge < -0.3 is 14.2 Å². The smallest absolute Gasteiger partial charge is 0.115 e. The first-order chi connectivity index (χ1) is 15.3. The average Bonchev–Trinajstić information content (AvgIpc) is 3.12. The molecule has 4 heteroatoms. The summed E-state index contributed by atoms with van der Waals surface area (Å²) in [5.74, 6) is 0. The average molecular weight is 433 g/mol. The molecule has 3 nitrogen and oxygen atoms in total. The topological polar surface area (TPSA) is 27.7 Å². The summed E-state index contributed by atoms with van der Waals surface area (Å²) in [5, 5.41) is 0.140. The Morgan fingerprint density at radius 1 is 0.645 bits per heavy atom. The third-order valence-corrected chi connectivity index (χ3v) is 6.48. The zero-order chi connectivity index (χ0) is 21.3. The highest BCUT2D eigenvalue weighted by Crippen LogP contribution is 2.41. The number of ether oxygens (including phenoxy) is 3. The van der Waals surface area contributed by atoms with Crippen LogP contribution in [0.4, 0.5) is 0 Å². The van der Waals surface area contributed by atoms with Crippen LogP contribution in [0.15, 0.2) is 102 Å². The Morgan fingerprint density at radius 3 is 1.68 bits per heavy atom. The summed E-state index contributed by atoms with van der Waals surface area (Å²) in [6.07, 6.45) is -0.281. The molecule has 0 bridgehead atoms. The van der Waals surface area contributed by atoms with Gasteiger partial charge in [-0.05, 0) is 16.7 Å². The van der Waals surface area contributed by atoms with Crippen molar-refractivity contribution in [3.63, 3.8) is 0 Å². The van der Waals surface area contributed by atoms with Crippen LogP contribution < -0.4 is 0 Å². The Kier molecular flexibility index (Phi) is 7.97. The molecule has 1 heterocycles. The summed E-state index contributed by atoms with van der Waals surface area (Å²) in [6, 6.07) is 30.7. The van der Waals surface area contributed by atoms with Crippen LogP contribution in [-0.4, -0.2) is 24.1 Å². The number of hydrogen-bond acceptors (Lipinski definition) is 4. The van der Waals surface area contributed by atoms with E-state index in [-0.39, 0.29) is 17.5 Å². The maximum atomic E-state index is 6.39. The molecule has 1 saturated heterocycles. The summed E-state index contributed by atoms with van der Waals surface area (Å²) < 4.78 is 18.7. The monoisotopic (exact) mass is 432 g/mol. The molecule has 1 aliphatic heterocycles. The third-order valence-electron chi connectivity index (χ3n) is 5.24. The van der Waals surface area contributed by atoms with Crippen LogP contribution in [0.2, 0.25) is 0 Å². The van der Waals surface area contributed by atoms with Crippen molar-refractivity contribution in [1.82, 2.24) is 0 Å². The zero-order valence-corrected chi connectivity index (χ0v) is 18.4. The molecule has 4 rings (SSSR count). The van der Waals surface area contributed by atoms with Gasteiger partial charge in [0, 0.05) is 4.91 Å². The van der Waals surface area contributed by atoms with Crippen LogP contribution in [0.3, 0.4) is 0 Å². The van der Waals surface area contributed by atoms with Gasteiger partial charge in [-0.25, -0.2) is 0 Å². The van der Waals surface area contributed by atoms with Crippen molar-refractivity contribution in [2.24, 2.45) is 0 Å². The van der Waals surface area contributed by atoms with Gasteiger partial charge in [-0.1, -0.05) is 97.6 Å². The van der Waals surface area contributed by atoms with Gasteiger partial charge in [0.2, 0.25) is 0 Å². The van der Waals surface area contributed by atoms with Crippen molar-refractivity contribution >= 4 is 11.8 Å². The minimum Gasteiger partial charge on any atom is -0.376 e. The number of hydrogen-bond donors (Lipinski definition) is 0. The van der Waals surface area contributed by atoms with Crippen LogP contribution in [0, 0.1) is 0 Å². The summed E-state index contributed by atoms with van der Waals surface area (Å²) >= 11 is 1.72. The Morgan fingerprint density at radius 2 is 1.13 bits per heavy atom. The molecule has 0 unspecified atom stereocenters. The maximum Gasteiger partial charge on any atom is 0.115 e. The van der Waals surface area contributed by atoms with E-state index in [2.05, 4.69) is 43.0 Å². The molecular weight excluding hydrogens is 404 g/mol. The quantitative estimate of drug-likeness (QED) is 0.393. The van der Waals surface area contributed by atoms with Crippen LogP contribution in [0.25, 0.3) is 0 Å². The van der Waals surface area contributed by atoms with E-state index in [1.165, 1.54) is 5.56 Å². The van der Waals surface area contributed by atoms with Gasteiger partial charge in [0.15, 0.2) is 0 Å². The first-order valence-electron chi connectivity index (χ1n) is 10.6. The molecule has 3 aromatic carbocycles. The van der Waals surface area contributed by atoms with Crippen molar-refractivity contribution in [2.45, 2.75) is 37.3 Å². The van der Waals surface area contributed by atoms with Crippen molar-refractivity contribution in [1.29, 1.82) is 0 Å². The van der Waals surface area contributed by atoms with Crippen molar-refractivity contribution in [3.8, 4) is 0 Å². The van der Waals surface area contributed by atoms with Crippen LogP contribution >= 0.6 is 11.8 Å². The predicted molar refractivity (Wildman–Crippen MR) is 127 cm³/mol. The number of rotatable bonds is 10. The molecule has 3 aromatic rings. The molecule has 1 fully saturated rings. The van der Waals surface area contributed by atoms with Crippen LogP contribution in [-0.2, 0) is 34.0 Å². The molecule has 0 radical (unpaired) electrons. The minimum absolute atomic E-state index is 0.114. The predicted octanol–water partition coefficient (Wildman–Crippen LogP) is 6.00. The molecule has 1 aliphatic rings. The largest absolute Gasteiger partial charge is 0.376 e. The zero-order valence-electron chi connectivity index (χ0n) is 17.6. The molecule has 160 valence electrons. The third kappa shape index (κ3) is 6.31. The van der Waals surface area contributed by atoms with E-state index in [1.54, 1.807) is 11.8 Å². The fourth-order valence-electron chi connectivity index (χ4n) is 3.61. The van der Waals surface area contributed by atoms with E-state index in [4.69, 9.17) is 14.2 Å². The van der Waals surface area contributed by atoms with E-state index in [1.807, 2.05) is 54.6 Å². The van der Waals surface area contributed by atoms with E-state index in [0.717, 1.165) is 16.0 Å². The van der Waals surface area contributed by atoms with Gasteiger partial charge in [0.05, 0.1) is 31.7 Å². The van der Waals surface area contributed by atoms with Gasteiger partial charge in [-0.3, -0.25) is 0 Å². The van der Waals surface area contributed by atoms with Crippen LogP contribution in [0.1, 0.15) is 16.7 Å². The molecule has 0 aromatic heterocycles. The fourth-order valence-corrected chi connectivity index (χ4v) is 4.86. The first kappa shape index (κ1) is 21.8. The summed E-state index contributed by atoms with van der Waals surface area (Å²) in [4.78, 5) is 1.00. The second kappa shape index (κ2) is 11.3. The van der Waals surface area contributed by atoms with Gasteiger partial charge in [0.25, 0.3) is 0 Å². The van der Waals surface area contributed by atoms with E-state index < -0.39 is 0 Å². The number of thioether (sulfide) groups is 1. The van der Waals surface area contributed by atoms with Gasteiger partial charge in [-0.2, -0.15) is 0 Å². The molecular formula is C27H28O3S. The molecule has 0 aliphatic carbocycles. The lowest BCUT2D eigenvalue weighted by Crippen LogP contribution is -2.36. The van der Waals surface area contributed by atoms with Gasteiger partial charge in [-0.15, -0.1) is 11.8 Å². The Labute approximate surface area is 189 Å². The lowest BCUT2D eigenvalue weighted by molar-refractivity contribution is -0.0696. The van der Waals surface area contributed by atoms with E-state index >= 15 is 0 Å². The highest BCUT2D eigenvalue weighted by molar-refractivity contribution is 8.04. The SMILES string of the molecule is C=C1S[C@@H](COCc2ccccc2)[C@@H](OCc2ccccc2)[C@@H]1OCc1ccccc1. The van der Waals surface area contributed by atoms with Gasteiger partial charge >= 0.3 is 0 Å². The Balaban J connectivity index is 1.40. The molecule has 0 spiro atoms. The van der Waals surface area contributed by atoms with Crippen molar-refractivity contribution < 1.29 is 14.2 Å².